The van der Waals surface area contributed by atoms with Gasteiger partial charge in [0.2, 0.25) is 11.9 Å². The third kappa shape index (κ3) is 3.09. The van der Waals surface area contributed by atoms with E-state index in [1.54, 1.807) is 0 Å². The predicted octanol–water partition coefficient (Wildman–Crippen LogP) is 0.725. The van der Waals surface area contributed by atoms with Crippen LogP contribution in [0.4, 0.5) is 5.95 Å². The maximum Gasteiger partial charge on any atom is 0.337 e. The first kappa shape index (κ1) is 13.1. The number of aromatic nitrogens is 5. The van der Waals surface area contributed by atoms with Crippen molar-refractivity contribution in [3.8, 4) is 6.01 Å². The number of nitrogens with zero attached hydrogens (tertiary/aromatic N) is 3. The van der Waals surface area contributed by atoms with Crippen LogP contribution in [0.1, 0.15) is 23.9 Å². The summed E-state index contributed by atoms with van der Waals surface area (Å²) < 4.78 is 5.09. The topological polar surface area (TPSA) is 109 Å². The summed E-state index contributed by atoms with van der Waals surface area (Å²) in [5, 5.41) is 15.9. The summed E-state index contributed by atoms with van der Waals surface area (Å²) in [4.78, 5) is 15.8. The lowest BCUT2D eigenvalue weighted by Gasteiger charge is -2.01. The molecule has 8 heteroatoms. The predicted molar refractivity (Wildman–Crippen MR) is 67.9 cm³/mol. The molecule has 2 aromatic rings. The van der Waals surface area contributed by atoms with Gasteiger partial charge in [-0.25, -0.2) is 5.10 Å². The van der Waals surface area contributed by atoms with Crippen molar-refractivity contribution >= 4 is 11.9 Å². The molecule has 0 aliphatic carbocycles. The second kappa shape index (κ2) is 5.51. The number of hydrogen-bond acceptors (Lipinski definition) is 5. The quantitative estimate of drug-likeness (QED) is 0.737. The van der Waals surface area contributed by atoms with E-state index in [1.165, 1.54) is 0 Å². The van der Waals surface area contributed by atoms with Gasteiger partial charge in [0, 0.05) is 11.3 Å². The van der Waals surface area contributed by atoms with Gasteiger partial charge >= 0.3 is 6.01 Å². The van der Waals surface area contributed by atoms with Gasteiger partial charge in [-0.2, -0.15) is 10.1 Å². The van der Waals surface area contributed by atoms with Crippen molar-refractivity contribution in [1.29, 1.82) is 0 Å². The van der Waals surface area contributed by atoms with Crippen molar-refractivity contribution < 1.29 is 9.53 Å². The molecule has 0 saturated carbocycles. The number of carbonyl (C=O) groups excluding carboxylic acids is 1. The molecule has 0 aliphatic heterocycles. The fourth-order valence-electron chi connectivity index (χ4n) is 1.67. The Labute approximate surface area is 110 Å². The van der Waals surface area contributed by atoms with Crippen LogP contribution in [0.5, 0.6) is 6.01 Å². The number of aromatic amines is 2. The van der Waals surface area contributed by atoms with Crippen LogP contribution in [0.3, 0.4) is 0 Å². The lowest BCUT2D eigenvalue weighted by molar-refractivity contribution is -0.115. The highest BCUT2D eigenvalue weighted by Crippen LogP contribution is 2.11. The summed E-state index contributed by atoms with van der Waals surface area (Å²) in [6.07, 6.45) is 0.235. The average molecular weight is 264 g/mol. The highest BCUT2D eigenvalue weighted by atomic mass is 16.5. The minimum absolute atomic E-state index is 0.188. The Kier molecular flexibility index (Phi) is 3.79. The molecule has 8 nitrogen and oxygen atoms in total. The Morgan fingerprint density at radius 1 is 1.32 bits per heavy atom. The van der Waals surface area contributed by atoms with Crippen molar-refractivity contribution in [2.75, 3.05) is 11.9 Å². The van der Waals surface area contributed by atoms with E-state index < -0.39 is 0 Å². The number of H-pyrrole nitrogens is 2. The first-order valence-electron chi connectivity index (χ1n) is 5.95. The van der Waals surface area contributed by atoms with Gasteiger partial charge in [-0.15, -0.1) is 5.10 Å². The molecule has 2 rings (SSSR count). The van der Waals surface area contributed by atoms with Gasteiger partial charge in [-0.1, -0.05) is 0 Å². The molecule has 0 fully saturated rings. The molecule has 3 N–H and O–H groups in total. The number of rotatable bonds is 5. The SMILES string of the molecule is CCOc1n[nH]c(NC(=O)Cc2c(C)n[nH]c2C)n1. The van der Waals surface area contributed by atoms with Gasteiger partial charge in [0.1, 0.15) is 0 Å². The monoisotopic (exact) mass is 264 g/mol. The summed E-state index contributed by atoms with van der Waals surface area (Å²) in [6, 6.07) is 0.216. The summed E-state index contributed by atoms with van der Waals surface area (Å²) in [5.41, 5.74) is 2.60. The van der Waals surface area contributed by atoms with E-state index in [0.29, 0.717) is 6.61 Å². The van der Waals surface area contributed by atoms with Crippen molar-refractivity contribution in [2.24, 2.45) is 0 Å². The van der Waals surface area contributed by atoms with Gasteiger partial charge in [0.25, 0.3) is 0 Å². The lowest BCUT2D eigenvalue weighted by atomic mass is 10.1. The maximum atomic E-state index is 11.9. The molecule has 0 aromatic carbocycles. The summed E-state index contributed by atoms with van der Waals surface area (Å²) in [6.45, 7) is 6.04. The van der Waals surface area contributed by atoms with E-state index in [2.05, 4.69) is 30.7 Å². The smallest absolute Gasteiger partial charge is 0.337 e. The molecule has 1 amide bonds. The first-order valence-corrected chi connectivity index (χ1v) is 5.95. The molecular formula is C11H16N6O2. The highest BCUT2D eigenvalue weighted by molar-refractivity contribution is 5.90. The number of anilines is 1. The first-order chi connectivity index (χ1) is 9.10. The number of carbonyl (C=O) groups is 1. The van der Waals surface area contributed by atoms with Crippen molar-refractivity contribution in [3.63, 3.8) is 0 Å². The van der Waals surface area contributed by atoms with E-state index in [9.17, 15) is 4.79 Å². The maximum absolute atomic E-state index is 11.9. The molecule has 2 heterocycles. The van der Waals surface area contributed by atoms with Crippen LogP contribution in [0, 0.1) is 13.8 Å². The lowest BCUT2D eigenvalue weighted by Crippen LogP contribution is -2.16. The Hall–Kier alpha value is -2.38. The van der Waals surface area contributed by atoms with Crippen LogP contribution in [-0.4, -0.2) is 37.9 Å². The fraction of sp³-hybridized carbons (Fsp3) is 0.455. The van der Waals surface area contributed by atoms with Crippen molar-refractivity contribution in [2.45, 2.75) is 27.2 Å². The average Bonchev–Trinajstić information content (AvgIpc) is 2.91. The molecule has 0 aliphatic rings. The van der Waals surface area contributed by atoms with Crippen LogP contribution in [0.2, 0.25) is 0 Å². The molecule has 0 bridgehead atoms. The molecule has 102 valence electrons. The van der Waals surface area contributed by atoms with E-state index in [1.807, 2.05) is 20.8 Å². The van der Waals surface area contributed by atoms with Gasteiger partial charge in [0.15, 0.2) is 0 Å². The van der Waals surface area contributed by atoms with Crippen molar-refractivity contribution in [1.82, 2.24) is 25.4 Å². The Bertz CT molecular complexity index is 554. The second-order valence-corrected chi connectivity index (χ2v) is 4.04. The summed E-state index contributed by atoms with van der Waals surface area (Å²) >= 11 is 0. The van der Waals surface area contributed by atoms with E-state index in [4.69, 9.17) is 4.74 Å². The molecule has 2 aromatic heterocycles. The molecule has 0 unspecified atom stereocenters. The van der Waals surface area contributed by atoms with Crippen LogP contribution in [0.15, 0.2) is 0 Å². The Morgan fingerprint density at radius 2 is 2.11 bits per heavy atom. The standard InChI is InChI=1S/C11H16N6O2/c1-4-19-11-13-10(16-17-11)12-9(18)5-8-6(2)14-15-7(8)3/h4-5H2,1-3H3,(H,14,15)(H2,12,13,16,17,18). The number of aryl methyl sites for hydroxylation is 2. The second-order valence-electron chi connectivity index (χ2n) is 4.04. The fourth-order valence-corrected chi connectivity index (χ4v) is 1.67. The number of ether oxygens (including phenoxy) is 1. The zero-order valence-electron chi connectivity index (χ0n) is 11.1. The Morgan fingerprint density at radius 3 is 2.74 bits per heavy atom. The van der Waals surface area contributed by atoms with E-state index >= 15 is 0 Å². The molecule has 0 atom stereocenters. The third-order valence-electron chi connectivity index (χ3n) is 2.61. The molecule has 0 spiro atoms. The zero-order chi connectivity index (χ0) is 13.8. The molecule has 0 saturated heterocycles. The van der Waals surface area contributed by atoms with Crippen LogP contribution in [-0.2, 0) is 11.2 Å². The summed E-state index contributed by atoms with van der Waals surface area (Å²) in [5.74, 6) is 0.0825. The molecular weight excluding hydrogens is 248 g/mol. The zero-order valence-corrected chi connectivity index (χ0v) is 11.1. The largest absolute Gasteiger partial charge is 0.463 e. The van der Waals surface area contributed by atoms with Crippen LogP contribution in [0.25, 0.3) is 0 Å². The van der Waals surface area contributed by atoms with Gasteiger partial charge in [-0.3, -0.25) is 15.2 Å². The third-order valence-corrected chi connectivity index (χ3v) is 2.61. The number of amides is 1. The van der Waals surface area contributed by atoms with Crippen LogP contribution < -0.4 is 10.1 Å². The highest BCUT2D eigenvalue weighted by Gasteiger charge is 2.13. The van der Waals surface area contributed by atoms with Gasteiger partial charge in [-0.05, 0) is 20.8 Å². The van der Waals surface area contributed by atoms with Gasteiger partial charge in [0.05, 0.1) is 18.7 Å². The Balaban J connectivity index is 1.97. The number of nitrogens with one attached hydrogen (secondary N) is 3. The van der Waals surface area contributed by atoms with Crippen molar-refractivity contribution in [3.05, 3.63) is 17.0 Å². The summed E-state index contributed by atoms with van der Waals surface area (Å²) in [7, 11) is 0. The van der Waals surface area contributed by atoms with E-state index in [-0.39, 0.29) is 24.3 Å². The minimum Gasteiger partial charge on any atom is -0.463 e. The van der Waals surface area contributed by atoms with E-state index in [0.717, 1.165) is 17.0 Å². The van der Waals surface area contributed by atoms with Gasteiger partial charge < -0.3 is 4.74 Å². The van der Waals surface area contributed by atoms with Crippen LogP contribution >= 0.6 is 0 Å². The molecule has 0 radical (unpaired) electrons. The normalized spacial score (nSPS) is 10.5. The molecule has 19 heavy (non-hydrogen) atoms. The number of hydrogen-bond donors (Lipinski definition) is 3. The minimum atomic E-state index is -0.188.